The van der Waals surface area contributed by atoms with Gasteiger partial charge in [0.1, 0.15) is 5.82 Å². The summed E-state index contributed by atoms with van der Waals surface area (Å²) in [6.07, 6.45) is 1.42. The summed E-state index contributed by atoms with van der Waals surface area (Å²) >= 11 is 6.81. The summed E-state index contributed by atoms with van der Waals surface area (Å²) in [6, 6.07) is 6.65. The molecule has 1 aromatic heterocycles. The standard InChI is InChI=1S/C25H25ClFN3O6/c1-34-18-6-3-13(9-19(18)35-2)17-11-29(8-7-28-17)23-16(27)10-15-22(21(23)26)30(14-4-5-14)12-20(24(15)31)36-25(32)33/h3,6,9-10,12,14,17,28H,4-5,7-8,11H2,1-2H3,(H,32,33). The van der Waals surface area contributed by atoms with Crippen LogP contribution in [0.5, 0.6) is 17.2 Å². The van der Waals surface area contributed by atoms with Crippen molar-refractivity contribution in [3.05, 3.63) is 57.1 Å². The summed E-state index contributed by atoms with van der Waals surface area (Å²) in [5, 5.41) is 12.6. The maximum atomic E-state index is 15.5. The van der Waals surface area contributed by atoms with Crippen molar-refractivity contribution in [2.24, 2.45) is 0 Å². The largest absolute Gasteiger partial charge is 0.511 e. The number of piperazine rings is 1. The number of nitrogens with one attached hydrogen (secondary N) is 1. The number of aromatic nitrogens is 1. The zero-order chi connectivity index (χ0) is 25.6. The molecule has 1 aliphatic carbocycles. The monoisotopic (exact) mass is 517 g/mol. The van der Waals surface area contributed by atoms with Gasteiger partial charge in [0.05, 0.1) is 42.0 Å². The van der Waals surface area contributed by atoms with Crippen molar-refractivity contribution in [3.63, 3.8) is 0 Å². The van der Waals surface area contributed by atoms with Crippen molar-refractivity contribution in [1.29, 1.82) is 0 Å². The molecule has 1 atom stereocenters. The van der Waals surface area contributed by atoms with Crippen LogP contribution in [0, 0.1) is 5.82 Å². The Morgan fingerprint density at radius 2 is 1.92 bits per heavy atom. The third-order valence-corrected chi connectivity index (χ3v) is 6.95. The van der Waals surface area contributed by atoms with Crippen LogP contribution in [-0.2, 0) is 0 Å². The van der Waals surface area contributed by atoms with E-state index in [0.717, 1.165) is 24.5 Å². The first kappa shape index (κ1) is 24.2. The highest BCUT2D eigenvalue weighted by molar-refractivity contribution is 6.38. The van der Waals surface area contributed by atoms with Gasteiger partial charge in [0, 0.05) is 31.7 Å². The molecule has 36 heavy (non-hydrogen) atoms. The summed E-state index contributed by atoms with van der Waals surface area (Å²) in [6.45, 7) is 1.50. The summed E-state index contributed by atoms with van der Waals surface area (Å²) in [7, 11) is 3.14. The lowest BCUT2D eigenvalue weighted by Gasteiger charge is -2.36. The van der Waals surface area contributed by atoms with E-state index in [4.69, 9.17) is 26.2 Å². The number of methoxy groups -OCH3 is 2. The predicted molar refractivity (Wildman–Crippen MR) is 133 cm³/mol. The van der Waals surface area contributed by atoms with E-state index in [1.165, 1.54) is 6.20 Å². The molecule has 2 aliphatic rings. The Balaban J connectivity index is 1.57. The fourth-order valence-corrected chi connectivity index (χ4v) is 5.16. The van der Waals surface area contributed by atoms with Crippen LogP contribution >= 0.6 is 11.6 Å². The van der Waals surface area contributed by atoms with Gasteiger partial charge in [-0.05, 0) is 36.6 Å². The van der Waals surface area contributed by atoms with Gasteiger partial charge in [-0.25, -0.2) is 9.18 Å². The van der Waals surface area contributed by atoms with Crippen molar-refractivity contribution >= 4 is 34.3 Å². The van der Waals surface area contributed by atoms with Crippen molar-refractivity contribution in [1.82, 2.24) is 9.88 Å². The molecule has 1 aliphatic heterocycles. The highest BCUT2D eigenvalue weighted by atomic mass is 35.5. The Kier molecular flexibility index (Phi) is 6.40. The first-order chi connectivity index (χ1) is 17.3. The number of rotatable bonds is 6. The average Bonchev–Trinajstić information content (AvgIpc) is 3.71. The lowest BCUT2D eigenvalue weighted by Crippen LogP contribution is -2.46. The van der Waals surface area contributed by atoms with Gasteiger partial charge in [-0.3, -0.25) is 4.79 Å². The van der Waals surface area contributed by atoms with Gasteiger partial charge in [-0.2, -0.15) is 0 Å². The van der Waals surface area contributed by atoms with E-state index in [1.807, 2.05) is 23.1 Å². The Hall–Kier alpha value is -3.50. The molecule has 9 nitrogen and oxygen atoms in total. The molecule has 3 aromatic rings. The van der Waals surface area contributed by atoms with Crippen LogP contribution in [0.2, 0.25) is 5.02 Å². The van der Waals surface area contributed by atoms with E-state index >= 15 is 4.39 Å². The average molecular weight is 518 g/mol. The van der Waals surface area contributed by atoms with Gasteiger partial charge in [0.2, 0.25) is 5.43 Å². The molecule has 2 aromatic carbocycles. The first-order valence-corrected chi connectivity index (χ1v) is 11.9. The molecule has 1 saturated heterocycles. The summed E-state index contributed by atoms with van der Waals surface area (Å²) < 4.78 is 32.7. The molecule has 0 bridgehead atoms. The molecule has 1 saturated carbocycles. The number of benzene rings is 2. The summed E-state index contributed by atoms with van der Waals surface area (Å²) in [4.78, 5) is 25.9. The Morgan fingerprint density at radius 3 is 2.58 bits per heavy atom. The summed E-state index contributed by atoms with van der Waals surface area (Å²) in [5.41, 5.74) is 0.802. The van der Waals surface area contributed by atoms with E-state index in [-0.39, 0.29) is 33.9 Å². The number of hydrogen-bond donors (Lipinski definition) is 2. The van der Waals surface area contributed by atoms with Gasteiger partial charge in [-0.15, -0.1) is 0 Å². The number of fused-ring (bicyclic) bond motifs is 1. The maximum absolute atomic E-state index is 15.5. The van der Waals surface area contributed by atoms with Crippen molar-refractivity contribution in [2.45, 2.75) is 24.9 Å². The van der Waals surface area contributed by atoms with Crippen LogP contribution in [0.1, 0.15) is 30.5 Å². The number of carboxylic acid groups (broad SMARTS) is 1. The zero-order valence-electron chi connectivity index (χ0n) is 19.7. The third-order valence-electron chi connectivity index (χ3n) is 6.59. The molecule has 1 unspecified atom stereocenters. The molecule has 0 amide bonds. The molecule has 0 spiro atoms. The van der Waals surface area contributed by atoms with Crippen LogP contribution < -0.4 is 29.9 Å². The molecule has 11 heteroatoms. The second kappa shape index (κ2) is 9.51. The minimum atomic E-state index is -1.61. The Labute approximate surface area is 210 Å². The minimum Gasteiger partial charge on any atom is -0.493 e. The lowest BCUT2D eigenvalue weighted by atomic mass is 10.0. The molecule has 2 N–H and O–H groups in total. The van der Waals surface area contributed by atoms with Gasteiger partial charge in [-0.1, -0.05) is 17.7 Å². The molecule has 2 fully saturated rings. The number of halogens is 2. The lowest BCUT2D eigenvalue weighted by molar-refractivity contribution is 0.143. The molecular weight excluding hydrogens is 493 g/mol. The van der Waals surface area contributed by atoms with Crippen LogP contribution in [0.4, 0.5) is 14.9 Å². The van der Waals surface area contributed by atoms with E-state index in [2.05, 4.69) is 10.1 Å². The van der Waals surface area contributed by atoms with Crippen LogP contribution in [0.3, 0.4) is 0 Å². The fourth-order valence-electron chi connectivity index (χ4n) is 4.75. The van der Waals surface area contributed by atoms with Gasteiger partial charge < -0.3 is 34.1 Å². The van der Waals surface area contributed by atoms with E-state index in [0.29, 0.717) is 36.6 Å². The smallest absolute Gasteiger partial charge is 0.493 e. The number of pyridine rings is 1. The quantitative estimate of drug-likeness (QED) is 0.465. The van der Waals surface area contributed by atoms with Crippen molar-refractivity contribution in [3.8, 4) is 17.2 Å². The number of ether oxygens (including phenoxy) is 3. The number of hydrogen-bond acceptors (Lipinski definition) is 7. The maximum Gasteiger partial charge on any atom is 0.511 e. The van der Waals surface area contributed by atoms with E-state index in [9.17, 15) is 9.59 Å². The zero-order valence-corrected chi connectivity index (χ0v) is 20.5. The number of anilines is 1. The molecule has 5 rings (SSSR count). The fraction of sp³-hybridized carbons (Fsp3) is 0.360. The molecule has 2 heterocycles. The van der Waals surface area contributed by atoms with Gasteiger partial charge in [0.15, 0.2) is 17.2 Å². The summed E-state index contributed by atoms with van der Waals surface area (Å²) in [5.74, 6) is 0.173. The Bertz CT molecular complexity index is 1410. The van der Waals surface area contributed by atoms with Crippen molar-refractivity contribution in [2.75, 3.05) is 38.8 Å². The molecule has 0 radical (unpaired) electrons. The number of carbonyl (C=O) groups is 1. The third kappa shape index (κ3) is 4.31. The van der Waals surface area contributed by atoms with Crippen LogP contribution in [0.25, 0.3) is 10.9 Å². The van der Waals surface area contributed by atoms with Crippen LogP contribution in [0.15, 0.2) is 35.3 Å². The number of nitrogens with zero attached hydrogens (tertiary/aromatic N) is 2. The van der Waals surface area contributed by atoms with Crippen molar-refractivity contribution < 1.29 is 28.5 Å². The second-order valence-electron chi connectivity index (χ2n) is 8.81. The molecule has 190 valence electrons. The molecular formula is C25H25ClFN3O6. The highest BCUT2D eigenvalue weighted by Crippen LogP contribution is 2.43. The van der Waals surface area contributed by atoms with E-state index < -0.39 is 17.4 Å². The Morgan fingerprint density at radius 1 is 1.17 bits per heavy atom. The SMILES string of the molecule is COc1ccc(C2CN(c3c(F)cc4c(=O)c(OC(=O)O)cn(C5CC5)c4c3Cl)CCN2)cc1OC. The second-order valence-corrected chi connectivity index (χ2v) is 9.19. The first-order valence-electron chi connectivity index (χ1n) is 11.5. The predicted octanol–water partition coefficient (Wildman–Crippen LogP) is 4.35. The van der Waals surface area contributed by atoms with Crippen LogP contribution in [-0.4, -0.2) is 49.7 Å². The highest BCUT2D eigenvalue weighted by Gasteiger charge is 2.31. The van der Waals surface area contributed by atoms with Gasteiger partial charge >= 0.3 is 6.16 Å². The normalized spacial score (nSPS) is 17.8. The minimum absolute atomic E-state index is 0.0153. The van der Waals surface area contributed by atoms with E-state index in [1.54, 1.807) is 18.8 Å². The topological polar surface area (TPSA) is 102 Å². The van der Waals surface area contributed by atoms with Gasteiger partial charge in [0.25, 0.3) is 0 Å².